The smallest absolute Gasteiger partial charge is 0.475 e. The molecule has 2 aliphatic heterocycles. The van der Waals surface area contributed by atoms with Crippen molar-refractivity contribution in [1.29, 1.82) is 0 Å². The summed E-state index contributed by atoms with van der Waals surface area (Å²) in [4.78, 5) is 26.8. The maximum atomic E-state index is 12.1. The molecule has 1 N–H and O–H groups in total. The number of aliphatic carboxylic acids is 1. The Balaban J connectivity index is 0.000000298. The number of carboxylic acid groups (broad SMARTS) is 1. The molecule has 0 spiro atoms. The molecule has 0 unspecified atom stereocenters. The number of aromatic nitrogens is 1. The second-order valence-corrected chi connectivity index (χ2v) is 7.71. The minimum Gasteiger partial charge on any atom is -0.475 e. The van der Waals surface area contributed by atoms with Crippen LogP contribution < -0.4 is 4.90 Å². The van der Waals surface area contributed by atoms with Gasteiger partial charge < -0.3 is 10.0 Å². The summed E-state index contributed by atoms with van der Waals surface area (Å²) < 4.78 is 56.6. The average molecular weight is 395 g/mol. The van der Waals surface area contributed by atoms with Gasteiger partial charge in [0, 0.05) is 19.2 Å². The molecule has 2 fully saturated rings. The van der Waals surface area contributed by atoms with E-state index in [0.29, 0.717) is 13.0 Å². The lowest BCUT2D eigenvalue weighted by Gasteiger charge is -2.24. The molecule has 2 aliphatic rings. The molecule has 2 atom stereocenters. The fourth-order valence-corrected chi connectivity index (χ4v) is 4.20. The second-order valence-electron chi connectivity index (χ2n) is 5.78. The van der Waals surface area contributed by atoms with Gasteiger partial charge in [-0.15, -0.1) is 0 Å². The number of carbonyl (C=O) groups is 2. The van der Waals surface area contributed by atoms with E-state index in [-0.39, 0.29) is 24.4 Å². The third-order valence-corrected chi connectivity index (χ3v) is 5.34. The summed E-state index contributed by atoms with van der Waals surface area (Å²) in [6.07, 6.45) is 0.347. The zero-order valence-corrected chi connectivity index (χ0v) is 14.4. The monoisotopic (exact) mass is 395 g/mol. The fourth-order valence-electron chi connectivity index (χ4n) is 3.05. The summed E-state index contributed by atoms with van der Waals surface area (Å²) in [5, 5.41) is 7.12. The number of alkyl halides is 3. The first kappa shape index (κ1) is 20.1. The van der Waals surface area contributed by atoms with E-state index in [0.717, 1.165) is 5.69 Å². The van der Waals surface area contributed by atoms with Crippen LogP contribution in [0.1, 0.15) is 12.8 Å². The van der Waals surface area contributed by atoms with Crippen molar-refractivity contribution < 1.29 is 36.3 Å². The third-order valence-electron chi connectivity index (χ3n) is 4.04. The lowest BCUT2D eigenvalue weighted by Crippen LogP contribution is -2.39. The molecule has 1 aromatic heterocycles. The van der Waals surface area contributed by atoms with E-state index in [1.54, 1.807) is 23.4 Å². The van der Waals surface area contributed by atoms with Crippen LogP contribution in [-0.4, -0.2) is 65.8 Å². The molecular formula is C14H16F3N3O5S. The van der Waals surface area contributed by atoms with E-state index in [1.807, 2.05) is 6.07 Å². The van der Waals surface area contributed by atoms with Crippen molar-refractivity contribution in [2.45, 2.75) is 31.1 Å². The lowest BCUT2D eigenvalue weighted by molar-refractivity contribution is -0.192. The fraction of sp³-hybridized carbons (Fsp3) is 0.500. The predicted molar refractivity (Wildman–Crippen MR) is 83.8 cm³/mol. The van der Waals surface area contributed by atoms with E-state index >= 15 is 0 Å². The number of nitrogens with zero attached hydrogens (tertiary/aromatic N) is 3. The Labute approximate surface area is 147 Å². The first-order valence-electron chi connectivity index (χ1n) is 7.42. The highest BCUT2D eigenvalue weighted by Crippen LogP contribution is 2.36. The van der Waals surface area contributed by atoms with Crippen LogP contribution in [0.3, 0.4) is 0 Å². The van der Waals surface area contributed by atoms with Gasteiger partial charge in [-0.1, -0.05) is 0 Å². The topological polar surface area (TPSA) is 108 Å². The first-order valence-corrected chi connectivity index (χ1v) is 9.26. The normalized spacial score (nSPS) is 23.4. The van der Waals surface area contributed by atoms with Crippen molar-refractivity contribution in [3.63, 3.8) is 0 Å². The third kappa shape index (κ3) is 4.30. The molecule has 0 bridgehead atoms. The molecule has 3 heterocycles. The summed E-state index contributed by atoms with van der Waals surface area (Å²) >= 11 is 0. The number of pyridine rings is 1. The summed E-state index contributed by atoms with van der Waals surface area (Å²) in [6, 6.07) is 3.31. The minimum absolute atomic E-state index is 0.0312. The number of hydrogen-bond acceptors (Lipinski definition) is 5. The lowest BCUT2D eigenvalue weighted by atomic mass is 10.1. The number of sulfonamides is 1. The zero-order chi connectivity index (χ0) is 19.7. The Morgan fingerprint density at radius 1 is 1.35 bits per heavy atom. The van der Waals surface area contributed by atoms with E-state index in [1.165, 1.54) is 10.6 Å². The predicted octanol–water partition coefficient (Wildman–Crippen LogP) is 0.854. The van der Waals surface area contributed by atoms with Crippen LogP contribution in [0.2, 0.25) is 0 Å². The van der Waals surface area contributed by atoms with Crippen molar-refractivity contribution in [1.82, 2.24) is 9.29 Å². The van der Waals surface area contributed by atoms with Gasteiger partial charge in [0.15, 0.2) is 0 Å². The maximum Gasteiger partial charge on any atom is 0.490 e. The van der Waals surface area contributed by atoms with Gasteiger partial charge in [0.05, 0.1) is 30.2 Å². The largest absolute Gasteiger partial charge is 0.490 e. The molecule has 0 aliphatic carbocycles. The molecule has 1 amide bonds. The highest BCUT2D eigenvalue weighted by molar-refractivity contribution is 7.88. The van der Waals surface area contributed by atoms with Gasteiger partial charge in [-0.3, -0.25) is 9.78 Å². The summed E-state index contributed by atoms with van der Waals surface area (Å²) in [7, 11) is -3.25. The number of amides is 1. The zero-order valence-electron chi connectivity index (χ0n) is 13.5. The maximum absolute atomic E-state index is 12.1. The Bertz CT molecular complexity index is 785. The van der Waals surface area contributed by atoms with Crippen LogP contribution in [0.15, 0.2) is 24.5 Å². The minimum atomic E-state index is -5.08. The van der Waals surface area contributed by atoms with Gasteiger partial charge in [0.25, 0.3) is 0 Å². The van der Waals surface area contributed by atoms with Crippen molar-refractivity contribution in [3.05, 3.63) is 24.5 Å². The number of halogens is 3. The van der Waals surface area contributed by atoms with Gasteiger partial charge in [0.2, 0.25) is 15.9 Å². The molecule has 12 heteroatoms. The summed E-state index contributed by atoms with van der Waals surface area (Å²) in [5.74, 6) is -2.79. The van der Waals surface area contributed by atoms with Crippen LogP contribution in [-0.2, 0) is 19.6 Å². The van der Waals surface area contributed by atoms with Crippen LogP contribution in [0, 0.1) is 0 Å². The standard InChI is InChI=1S/C12H15N3O3S.C2HF3O2/c1-19(17,18)14-6-4-10-11(14)7-12(16)15(10)9-3-2-5-13-8-9;3-2(4,5)1(6)7/h2-3,5,8,10-11H,4,6-7H2,1H3;(H,6,7)/t10-,11+;/m0./s1. The number of rotatable bonds is 2. The van der Waals surface area contributed by atoms with Crippen LogP contribution in [0.25, 0.3) is 0 Å². The second kappa shape index (κ2) is 7.19. The van der Waals surface area contributed by atoms with E-state index in [9.17, 15) is 26.4 Å². The Morgan fingerprint density at radius 3 is 2.42 bits per heavy atom. The van der Waals surface area contributed by atoms with Crippen molar-refractivity contribution in [2.75, 3.05) is 17.7 Å². The molecular weight excluding hydrogens is 379 g/mol. The SMILES string of the molecule is CS(=O)(=O)N1CC[C@H]2[C@H]1CC(=O)N2c1cccnc1.O=C(O)C(F)(F)F. The molecule has 26 heavy (non-hydrogen) atoms. The molecule has 3 rings (SSSR count). The van der Waals surface area contributed by atoms with Crippen molar-refractivity contribution in [3.8, 4) is 0 Å². The quantitative estimate of drug-likeness (QED) is 0.796. The number of carbonyl (C=O) groups excluding carboxylic acids is 1. The Kier molecular flexibility index (Phi) is 5.56. The van der Waals surface area contributed by atoms with Crippen LogP contribution in [0.5, 0.6) is 0 Å². The average Bonchev–Trinajstić information content (AvgIpc) is 3.04. The first-order chi connectivity index (χ1) is 11.9. The highest BCUT2D eigenvalue weighted by Gasteiger charge is 2.50. The number of fused-ring (bicyclic) bond motifs is 1. The van der Waals surface area contributed by atoms with Gasteiger partial charge in [-0.25, -0.2) is 13.2 Å². The highest BCUT2D eigenvalue weighted by atomic mass is 32.2. The van der Waals surface area contributed by atoms with Gasteiger partial charge in [0.1, 0.15) is 0 Å². The van der Waals surface area contributed by atoms with Crippen LogP contribution in [0.4, 0.5) is 18.9 Å². The van der Waals surface area contributed by atoms with E-state index in [4.69, 9.17) is 9.90 Å². The molecule has 0 aromatic carbocycles. The summed E-state index contributed by atoms with van der Waals surface area (Å²) in [5.41, 5.74) is 0.746. The van der Waals surface area contributed by atoms with Gasteiger partial charge in [-0.05, 0) is 18.6 Å². The number of hydrogen-bond donors (Lipinski definition) is 1. The summed E-state index contributed by atoms with van der Waals surface area (Å²) in [6.45, 7) is 0.484. The van der Waals surface area contributed by atoms with Gasteiger partial charge >= 0.3 is 12.1 Å². The molecule has 144 valence electrons. The number of anilines is 1. The van der Waals surface area contributed by atoms with Crippen LogP contribution >= 0.6 is 0 Å². The Morgan fingerprint density at radius 2 is 1.96 bits per heavy atom. The molecule has 0 radical (unpaired) electrons. The van der Waals surface area contributed by atoms with Gasteiger partial charge in [-0.2, -0.15) is 17.5 Å². The molecule has 1 aromatic rings. The van der Waals surface area contributed by atoms with Crippen molar-refractivity contribution >= 4 is 27.6 Å². The molecule has 0 saturated carbocycles. The molecule has 2 saturated heterocycles. The van der Waals surface area contributed by atoms with E-state index in [2.05, 4.69) is 4.98 Å². The van der Waals surface area contributed by atoms with E-state index < -0.39 is 22.2 Å². The Hall–Kier alpha value is -2.21. The van der Waals surface area contributed by atoms with Crippen molar-refractivity contribution in [2.24, 2.45) is 0 Å². The number of carboxylic acids is 1. The molecule has 8 nitrogen and oxygen atoms in total.